The van der Waals surface area contributed by atoms with E-state index in [0.29, 0.717) is 10.8 Å². The summed E-state index contributed by atoms with van der Waals surface area (Å²) >= 11 is 1.44. The molecule has 106 valence electrons. The number of hydrogen-bond donors (Lipinski definition) is 1. The molecule has 0 saturated carbocycles. The van der Waals surface area contributed by atoms with Crippen LogP contribution < -0.4 is 5.32 Å². The van der Waals surface area contributed by atoms with E-state index in [1.54, 1.807) is 6.07 Å². The molecule has 1 aromatic carbocycles. The lowest BCUT2D eigenvalue weighted by atomic mass is 10.1. The minimum absolute atomic E-state index is 0.166. The first kappa shape index (κ1) is 13.5. The van der Waals surface area contributed by atoms with Crippen LogP contribution in [0.2, 0.25) is 0 Å². The molecule has 0 aliphatic rings. The van der Waals surface area contributed by atoms with Crippen LogP contribution in [0, 0.1) is 13.8 Å². The van der Waals surface area contributed by atoms with E-state index in [4.69, 9.17) is 4.52 Å². The zero-order valence-electron chi connectivity index (χ0n) is 11.6. The fraction of sp³-hybridized carbons (Fsp3) is 0.133. The Bertz CT molecular complexity index is 758. The number of nitrogens with one attached hydrogen (secondary N) is 1. The fourth-order valence-electron chi connectivity index (χ4n) is 1.81. The number of aromatic nitrogens is 2. The molecule has 1 amide bonds. The molecule has 0 atom stereocenters. The van der Waals surface area contributed by atoms with Crippen LogP contribution in [-0.2, 0) is 0 Å². The van der Waals surface area contributed by atoms with Gasteiger partial charge in [-0.15, -0.1) is 11.3 Å². The Hall–Kier alpha value is -2.47. The molecule has 2 aromatic heterocycles. The highest BCUT2D eigenvalue weighted by Gasteiger charge is 2.16. The number of nitrogens with zero attached hydrogens (tertiary/aromatic N) is 2. The lowest BCUT2D eigenvalue weighted by molar-refractivity contribution is 0.0988. The van der Waals surface area contributed by atoms with Gasteiger partial charge in [0.25, 0.3) is 5.91 Å². The fourth-order valence-corrected chi connectivity index (χ4v) is 2.62. The molecular weight excluding hydrogens is 286 g/mol. The quantitative estimate of drug-likeness (QED) is 0.801. The zero-order valence-corrected chi connectivity index (χ0v) is 12.4. The van der Waals surface area contributed by atoms with Gasteiger partial charge in [-0.1, -0.05) is 35.5 Å². The van der Waals surface area contributed by atoms with Crippen LogP contribution in [0.5, 0.6) is 0 Å². The minimum Gasteiger partial charge on any atom is -0.350 e. The van der Waals surface area contributed by atoms with Crippen LogP contribution in [-0.4, -0.2) is 16.0 Å². The first-order chi connectivity index (χ1) is 10.1. The van der Waals surface area contributed by atoms with Gasteiger partial charge in [0, 0.05) is 16.5 Å². The molecular formula is C15H13N3O2S. The Balaban J connectivity index is 1.78. The Labute approximate surface area is 125 Å². The molecule has 0 aliphatic carbocycles. The Morgan fingerprint density at radius 1 is 1.24 bits per heavy atom. The van der Waals surface area contributed by atoms with Gasteiger partial charge in [0.05, 0.1) is 5.69 Å². The Morgan fingerprint density at radius 3 is 2.67 bits per heavy atom. The standard InChI is InChI=1S/C15H13N3O2S/c1-9-10(2)21-15(16-9)17-14(19)13-8-12(18-20-13)11-6-4-3-5-7-11/h3-8H,1-2H3,(H,16,17,19). The highest BCUT2D eigenvalue weighted by molar-refractivity contribution is 7.15. The van der Waals surface area contributed by atoms with Gasteiger partial charge >= 0.3 is 0 Å². The van der Waals surface area contributed by atoms with Gasteiger partial charge in [-0.25, -0.2) is 4.98 Å². The number of carbonyl (C=O) groups is 1. The summed E-state index contributed by atoms with van der Waals surface area (Å²) in [4.78, 5) is 17.4. The predicted octanol–water partition coefficient (Wildman–Crippen LogP) is 3.67. The van der Waals surface area contributed by atoms with Crippen LogP contribution >= 0.6 is 11.3 Å². The highest BCUT2D eigenvalue weighted by Crippen LogP contribution is 2.23. The summed E-state index contributed by atoms with van der Waals surface area (Å²) in [6, 6.07) is 11.2. The monoisotopic (exact) mass is 299 g/mol. The molecule has 5 nitrogen and oxygen atoms in total. The van der Waals surface area contributed by atoms with Crippen molar-refractivity contribution in [1.29, 1.82) is 0 Å². The predicted molar refractivity (Wildman–Crippen MR) is 81.5 cm³/mol. The molecule has 0 aliphatic heterocycles. The molecule has 3 rings (SSSR count). The van der Waals surface area contributed by atoms with Gasteiger partial charge in [-0.2, -0.15) is 0 Å². The SMILES string of the molecule is Cc1nc(NC(=O)c2cc(-c3ccccc3)no2)sc1C. The van der Waals surface area contributed by atoms with Crippen LogP contribution in [0.1, 0.15) is 21.1 Å². The maximum Gasteiger partial charge on any atom is 0.296 e. The summed E-state index contributed by atoms with van der Waals surface area (Å²) in [6.07, 6.45) is 0. The number of aryl methyl sites for hydroxylation is 2. The average Bonchev–Trinajstić information content (AvgIpc) is 3.08. The highest BCUT2D eigenvalue weighted by atomic mass is 32.1. The number of carbonyl (C=O) groups excluding carboxylic acids is 1. The number of benzene rings is 1. The van der Waals surface area contributed by atoms with Crippen LogP contribution in [0.3, 0.4) is 0 Å². The van der Waals surface area contributed by atoms with Crippen LogP contribution in [0.15, 0.2) is 40.9 Å². The van der Waals surface area contributed by atoms with Crippen molar-refractivity contribution in [2.75, 3.05) is 5.32 Å². The van der Waals surface area contributed by atoms with Crippen molar-refractivity contribution in [3.05, 3.63) is 52.7 Å². The summed E-state index contributed by atoms with van der Waals surface area (Å²) in [5, 5.41) is 7.20. The van der Waals surface area contributed by atoms with Crippen molar-refractivity contribution >= 4 is 22.4 Å². The number of thiazole rings is 1. The van der Waals surface area contributed by atoms with E-state index in [9.17, 15) is 4.79 Å². The normalized spacial score (nSPS) is 10.6. The van der Waals surface area contributed by atoms with Crippen molar-refractivity contribution in [2.24, 2.45) is 0 Å². The van der Waals surface area contributed by atoms with E-state index in [0.717, 1.165) is 16.1 Å². The second kappa shape index (κ2) is 5.49. The molecule has 0 saturated heterocycles. The zero-order chi connectivity index (χ0) is 14.8. The first-order valence-electron chi connectivity index (χ1n) is 6.41. The summed E-state index contributed by atoms with van der Waals surface area (Å²) in [5.41, 5.74) is 2.45. The molecule has 6 heteroatoms. The molecule has 0 bridgehead atoms. The lowest BCUT2D eigenvalue weighted by Gasteiger charge is -1.95. The van der Waals surface area contributed by atoms with Gasteiger partial charge in [0.15, 0.2) is 5.13 Å². The molecule has 3 aromatic rings. The number of hydrogen-bond acceptors (Lipinski definition) is 5. The Kier molecular flexibility index (Phi) is 3.53. The second-order valence-corrected chi connectivity index (χ2v) is 5.76. The van der Waals surface area contributed by atoms with Crippen LogP contribution in [0.25, 0.3) is 11.3 Å². The maximum atomic E-state index is 12.1. The van der Waals surface area contributed by atoms with Gasteiger partial charge in [-0.3, -0.25) is 10.1 Å². The van der Waals surface area contributed by atoms with E-state index in [-0.39, 0.29) is 11.7 Å². The molecule has 0 radical (unpaired) electrons. The van der Waals surface area contributed by atoms with Gasteiger partial charge in [-0.05, 0) is 13.8 Å². The third kappa shape index (κ3) is 2.85. The van der Waals surface area contributed by atoms with Gasteiger partial charge < -0.3 is 4.52 Å². The van der Waals surface area contributed by atoms with Gasteiger partial charge in [0.2, 0.25) is 5.76 Å². The molecule has 0 spiro atoms. The van der Waals surface area contributed by atoms with E-state index in [1.807, 2.05) is 44.2 Å². The van der Waals surface area contributed by atoms with E-state index in [1.165, 1.54) is 11.3 Å². The molecule has 0 unspecified atom stereocenters. The van der Waals surface area contributed by atoms with Crippen molar-refractivity contribution in [2.45, 2.75) is 13.8 Å². The smallest absolute Gasteiger partial charge is 0.296 e. The largest absolute Gasteiger partial charge is 0.350 e. The summed E-state index contributed by atoms with van der Waals surface area (Å²) < 4.78 is 5.10. The van der Waals surface area contributed by atoms with Crippen molar-refractivity contribution < 1.29 is 9.32 Å². The van der Waals surface area contributed by atoms with Crippen molar-refractivity contribution in [3.8, 4) is 11.3 Å². The minimum atomic E-state index is -0.349. The molecule has 2 heterocycles. The number of amides is 1. The third-order valence-electron chi connectivity index (χ3n) is 3.05. The molecule has 21 heavy (non-hydrogen) atoms. The summed E-state index contributed by atoms with van der Waals surface area (Å²) in [5.74, 6) is -0.183. The molecule has 0 fully saturated rings. The van der Waals surface area contributed by atoms with E-state index in [2.05, 4.69) is 15.5 Å². The number of anilines is 1. The van der Waals surface area contributed by atoms with E-state index < -0.39 is 0 Å². The lowest BCUT2D eigenvalue weighted by Crippen LogP contribution is -2.10. The van der Waals surface area contributed by atoms with Crippen molar-refractivity contribution in [3.63, 3.8) is 0 Å². The third-order valence-corrected chi connectivity index (χ3v) is 4.04. The van der Waals surface area contributed by atoms with Crippen molar-refractivity contribution in [1.82, 2.24) is 10.1 Å². The number of rotatable bonds is 3. The maximum absolute atomic E-state index is 12.1. The van der Waals surface area contributed by atoms with Gasteiger partial charge in [0.1, 0.15) is 5.69 Å². The van der Waals surface area contributed by atoms with Crippen LogP contribution in [0.4, 0.5) is 5.13 Å². The summed E-state index contributed by atoms with van der Waals surface area (Å²) in [6.45, 7) is 3.87. The van der Waals surface area contributed by atoms with E-state index >= 15 is 0 Å². The first-order valence-corrected chi connectivity index (χ1v) is 7.22. The average molecular weight is 299 g/mol. The Morgan fingerprint density at radius 2 is 2.00 bits per heavy atom. The molecule has 1 N–H and O–H groups in total. The topological polar surface area (TPSA) is 68.0 Å². The second-order valence-electron chi connectivity index (χ2n) is 4.56. The summed E-state index contributed by atoms with van der Waals surface area (Å²) in [7, 11) is 0.